The van der Waals surface area contributed by atoms with Gasteiger partial charge < -0.3 is 29.6 Å². The van der Waals surface area contributed by atoms with Gasteiger partial charge in [-0.25, -0.2) is 0 Å². The maximum Gasteiger partial charge on any atom is 0.190 e. The topological polar surface area (TPSA) is 73.3 Å². The third-order valence-electron chi connectivity index (χ3n) is 4.55. The maximum atomic E-state index is 5.43. The number of hydrogen-bond acceptors (Lipinski definition) is 5. The Bertz CT molecular complexity index is 809. The third-order valence-corrected chi connectivity index (χ3v) is 4.55. The van der Waals surface area contributed by atoms with E-state index in [0.29, 0.717) is 0 Å². The van der Waals surface area contributed by atoms with E-state index in [4.69, 9.17) is 18.9 Å². The number of ether oxygens (including phenoxy) is 4. The van der Waals surface area contributed by atoms with Gasteiger partial charge in [-0.2, -0.15) is 0 Å². The van der Waals surface area contributed by atoms with E-state index >= 15 is 0 Å². The van der Waals surface area contributed by atoms with Crippen LogP contribution in [0.15, 0.2) is 41.4 Å². The highest BCUT2D eigenvalue weighted by molar-refractivity contribution is 5.79. The van der Waals surface area contributed by atoms with Crippen molar-refractivity contribution in [2.45, 2.75) is 12.8 Å². The first-order valence-corrected chi connectivity index (χ1v) is 9.51. The summed E-state index contributed by atoms with van der Waals surface area (Å²) in [5.41, 5.74) is 2.24. The minimum absolute atomic E-state index is 0.722. The molecule has 0 unspecified atom stereocenters. The van der Waals surface area contributed by atoms with Crippen molar-refractivity contribution in [3.63, 3.8) is 0 Å². The molecule has 0 spiro atoms. The van der Waals surface area contributed by atoms with Gasteiger partial charge in [-0.3, -0.25) is 4.99 Å². The summed E-state index contributed by atoms with van der Waals surface area (Å²) < 4.78 is 21.4. The summed E-state index contributed by atoms with van der Waals surface area (Å²) in [5.74, 6) is 3.89. The number of methoxy groups -OCH3 is 4. The van der Waals surface area contributed by atoms with Crippen molar-refractivity contribution in [3.05, 3.63) is 47.5 Å². The van der Waals surface area contributed by atoms with Gasteiger partial charge in [0.25, 0.3) is 0 Å². The number of guanidine groups is 1. The van der Waals surface area contributed by atoms with Gasteiger partial charge >= 0.3 is 0 Å². The van der Waals surface area contributed by atoms with E-state index in [-0.39, 0.29) is 0 Å². The fourth-order valence-electron chi connectivity index (χ4n) is 2.97. The molecule has 0 radical (unpaired) electrons. The van der Waals surface area contributed by atoms with Crippen LogP contribution in [0, 0.1) is 0 Å². The van der Waals surface area contributed by atoms with Crippen LogP contribution in [0.4, 0.5) is 0 Å². The lowest BCUT2D eigenvalue weighted by molar-refractivity contribution is 0.354. The van der Waals surface area contributed by atoms with E-state index < -0.39 is 0 Å². The average Bonchev–Trinajstić information content (AvgIpc) is 2.77. The van der Waals surface area contributed by atoms with E-state index in [1.54, 1.807) is 35.5 Å². The highest BCUT2D eigenvalue weighted by Gasteiger charge is 2.07. The minimum atomic E-state index is 0.722. The van der Waals surface area contributed by atoms with Gasteiger partial charge in [0.15, 0.2) is 17.5 Å². The maximum absolute atomic E-state index is 5.43. The van der Waals surface area contributed by atoms with E-state index in [9.17, 15) is 0 Å². The molecule has 0 fully saturated rings. The Morgan fingerprint density at radius 2 is 1.41 bits per heavy atom. The second kappa shape index (κ2) is 11.7. The molecule has 7 nitrogen and oxygen atoms in total. The number of rotatable bonds is 10. The van der Waals surface area contributed by atoms with Crippen LogP contribution in [-0.4, -0.2) is 54.5 Å². The lowest BCUT2D eigenvalue weighted by atomic mass is 10.1. The summed E-state index contributed by atoms with van der Waals surface area (Å²) in [6.45, 7) is 1.47. The van der Waals surface area contributed by atoms with E-state index in [2.05, 4.69) is 15.6 Å². The largest absolute Gasteiger partial charge is 0.497 e. The summed E-state index contributed by atoms with van der Waals surface area (Å²) in [6.07, 6.45) is 1.63. The summed E-state index contributed by atoms with van der Waals surface area (Å²) >= 11 is 0. The Hall–Kier alpha value is -3.09. The highest BCUT2D eigenvalue weighted by atomic mass is 16.5. The number of hydrogen-bond donors (Lipinski definition) is 2. The number of aliphatic imine (C=N–C) groups is 1. The number of benzene rings is 2. The van der Waals surface area contributed by atoms with Crippen LogP contribution in [0.25, 0.3) is 0 Å². The average molecular weight is 402 g/mol. The molecule has 0 aromatic heterocycles. The zero-order valence-electron chi connectivity index (χ0n) is 17.9. The van der Waals surface area contributed by atoms with Gasteiger partial charge in [0.1, 0.15) is 11.5 Å². The summed E-state index contributed by atoms with van der Waals surface area (Å²) in [7, 11) is 8.37. The van der Waals surface area contributed by atoms with Gasteiger partial charge in [0, 0.05) is 20.1 Å². The molecule has 0 heterocycles. The van der Waals surface area contributed by atoms with Gasteiger partial charge in [-0.05, 0) is 54.3 Å². The predicted octanol–water partition coefficient (Wildman–Crippen LogP) is 2.67. The Balaban J connectivity index is 1.83. The second-order valence-corrected chi connectivity index (χ2v) is 6.29. The van der Waals surface area contributed by atoms with Gasteiger partial charge in [0.05, 0.1) is 28.4 Å². The number of nitrogens with zero attached hydrogens (tertiary/aromatic N) is 1. The molecule has 0 amide bonds. The van der Waals surface area contributed by atoms with Crippen LogP contribution in [0.1, 0.15) is 11.1 Å². The molecule has 7 heteroatoms. The molecule has 158 valence electrons. The predicted molar refractivity (Wildman–Crippen MR) is 116 cm³/mol. The van der Waals surface area contributed by atoms with Crippen molar-refractivity contribution in [2.24, 2.45) is 4.99 Å². The molecular weight excluding hydrogens is 370 g/mol. The molecule has 0 aliphatic carbocycles. The summed E-state index contributed by atoms with van der Waals surface area (Å²) in [5, 5.41) is 6.66. The quantitative estimate of drug-likeness (QED) is 0.471. The Morgan fingerprint density at radius 3 is 2.03 bits per heavy atom. The molecule has 0 bridgehead atoms. The minimum Gasteiger partial charge on any atom is -0.497 e. The summed E-state index contributed by atoms with van der Waals surface area (Å²) in [4.78, 5) is 4.28. The standard InChI is InChI=1S/C22H31N3O4/c1-23-22(24-12-10-16-6-8-20(28-4)21(14-16)29-5)25-13-11-17-15-18(26-2)7-9-19(17)27-3/h6-9,14-15H,10-13H2,1-5H3,(H2,23,24,25). The van der Waals surface area contributed by atoms with Crippen LogP contribution >= 0.6 is 0 Å². The highest BCUT2D eigenvalue weighted by Crippen LogP contribution is 2.27. The SMILES string of the molecule is CN=C(NCCc1ccc(OC)c(OC)c1)NCCc1cc(OC)ccc1OC. The molecule has 2 aromatic rings. The van der Waals surface area contributed by atoms with Crippen molar-refractivity contribution < 1.29 is 18.9 Å². The van der Waals surface area contributed by atoms with Crippen LogP contribution in [0.2, 0.25) is 0 Å². The van der Waals surface area contributed by atoms with Crippen molar-refractivity contribution in [1.29, 1.82) is 0 Å². The molecule has 0 atom stereocenters. The van der Waals surface area contributed by atoms with E-state index in [0.717, 1.165) is 66.0 Å². The molecule has 0 saturated carbocycles. The Kier molecular flexibility index (Phi) is 8.95. The first-order valence-electron chi connectivity index (χ1n) is 9.51. The molecule has 29 heavy (non-hydrogen) atoms. The summed E-state index contributed by atoms with van der Waals surface area (Å²) in [6, 6.07) is 11.8. The number of nitrogens with one attached hydrogen (secondary N) is 2. The normalized spacial score (nSPS) is 11.0. The molecule has 0 aliphatic heterocycles. The van der Waals surface area contributed by atoms with E-state index in [1.165, 1.54) is 0 Å². The fraction of sp³-hybridized carbons (Fsp3) is 0.409. The van der Waals surface area contributed by atoms with E-state index in [1.807, 2.05) is 36.4 Å². The van der Waals surface area contributed by atoms with Crippen molar-refractivity contribution >= 4 is 5.96 Å². The first-order chi connectivity index (χ1) is 14.1. The smallest absolute Gasteiger partial charge is 0.190 e. The molecule has 2 rings (SSSR count). The monoisotopic (exact) mass is 401 g/mol. The van der Waals surface area contributed by atoms with Gasteiger partial charge in [0.2, 0.25) is 0 Å². The van der Waals surface area contributed by atoms with Crippen molar-refractivity contribution in [2.75, 3.05) is 48.6 Å². The van der Waals surface area contributed by atoms with Crippen molar-refractivity contribution in [3.8, 4) is 23.0 Å². The fourth-order valence-corrected chi connectivity index (χ4v) is 2.97. The van der Waals surface area contributed by atoms with Crippen LogP contribution < -0.4 is 29.6 Å². The lowest BCUT2D eigenvalue weighted by Gasteiger charge is -2.14. The third kappa shape index (κ3) is 6.48. The van der Waals surface area contributed by atoms with Crippen LogP contribution in [-0.2, 0) is 12.8 Å². The van der Waals surface area contributed by atoms with Gasteiger partial charge in [-0.1, -0.05) is 6.07 Å². The molecule has 0 saturated heterocycles. The molecular formula is C22H31N3O4. The van der Waals surface area contributed by atoms with Crippen molar-refractivity contribution in [1.82, 2.24) is 10.6 Å². The molecule has 2 N–H and O–H groups in total. The zero-order valence-corrected chi connectivity index (χ0v) is 17.9. The van der Waals surface area contributed by atoms with Crippen LogP contribution in [0.3, 0.4) is 0 Å². The van der Waals surface area contributed by atoms with Crippen LogP contribution in [0.5, 0.6) is 23.0 Å². The Morgan fingerprint density at radius 1 is 0.759 bits per heavy atom. The molecule has 2 aromatic carbocycles. The zero-order chi connectivity index (χ0) is 21.1. The first kappa shape index (κ1) is 22.2. The molecule has 0 aliphatic rings. The second-order valence-electron chi connectivity index (χ2n) is 6.29. The lowest BCUT2D eigenvalue weighted by Crippen LogP contribution is -2.39. The van der Waals surface area contributed by atoms with Gasteiger partial charge in [-0.15, -0.1) is 0 Å². The Labute approximate surface area is 173 Å².